The van der Waals surface area contributed by atoms with Gasteiger partial charge in [-0.1, -0.05) is 0 Å². The molecule has 0 atom stereocenters. The lowest BCUT2D eigenvalue weighted by Gasteiger charge is -2.10. The summed E-state index contributed by atoms with van der Waals surface area (Å²) in [5.41, 5.74) is -0.187. The average Bonchev–Trinajstić information content (AvgIpc) is 2.82. The van der Waals surface area contributed by atoms with Gasteiger partial charge in [-0.15, -0.1) is 0 Å². The van der Waals surface area contributed by atoms with Gasteiger partial charge in [0, 0.05) is 26.7 Å². The second kappa shape index (κ2) is 6.35. The van der Waals surface area contributed by atoms with Crippen molar-refractivity contribution in [3.05, 3.63) is 20.8 Å². The number of ether oxygens (including phenoxy) is 1. The van der Waals surface area contributed by atoms with Gasteiger partial charge in [0.1, 0.15) is 0 Å². The van der Waals surface area contributed by atoms with E-state index in [0.717, 1.165) is 4.57 Å². The number of rotatable bonds is 6. The van der Waals surface area contributed by atoms with Gasteiger partial charge in [-0.2, -0.15) is 4.98 Å². The Morgan fingerprint density at radius 3 is 2.50 bits per heavy atom. The minimum atomic E-state index is -0.442. The Bertz CT molecular complexity index is 785. The summed E-state index contributed by atoms with van der Waals surface area (Å²) in [7, 11) is 1.58. The van der Waals surface area contributed by atoms with E-state index in [1.54, 1.807) is 11.6 Å². The quantitative estimate of drug-likeness (QED) is 0.816. The van der Waals surface area contributed by atoms with Crippen LogP contribution in [-0.4, -0.2) is 36.5 Å². The summed E-state index contributed by atoms with van der Waals surface area (Å²) < 4.78 is 9.78. The van der Waals surface area contributed by atoms with Gasteiger partial charge in [-0.05, 0) is 27.2 Å². The molecular weight excluding hydrogens is 288 g/mol. The van der Waals surface area contributed by atoms with E-state index in [4.69, 9.17) is 9.84 Å². The molecule has 0 aromatic carbocycles. The average molecular weight is 310 g/mol. The maximum absolute atomic E-state index is 12.6. The molecule has 2 aromatic rings. The lowest BCUT2D eigenvalue weighted by atomic mass is 10.4. The molecule has 22 heavy (non-hydrogen) atoms. The third-order valence-electron chi connectivity index (χ3n) is 3.39. The Morgan fingerprint density at radius 2 is 1.95 bits per heavy atom. The van der Waals surface area contributed by atoms with Crippen molar-refractivity contribution in [1.29, 1.82) is 0 Å². The number of aliphatic hydroxyl groups is 1. The predicted octanol–water partition coefficient (Wildman–Crippen LogP) is 0.0862. The molecule has 0 saturated carbocycles. The van der Waals surface area contributed by atoms with Crippen molar-refractivity contribution >= 4 is 11.2 Å². The minimum Gasteiger partial charge on any atom is -0.462 e. The second-order valence-corrected chi connectivity index (χ2v) is 5.35. The van der Waals surface area contributed by atoms with E-state index in [0.29, 0.717) is 30.1 Å². The van der Waals surface area contributed by atoms with Crippen LogP contribution in [0.1, 0.15) is 27.2 Å². The fraction of sp³-hybridized carbons (Fsp3) is 0.643. The highest BCUT2D eigenvalue weighted by Gasteiger charge is 2.20. The first-order chi connectivity index (χ1) is 10.4. The summed E-state index contributed by atoms with van der Waals surface area (Å²) in [5, 5.41) is 8.93. The molecule has 0 aliphatic rings. The summed E-state index contributed by atoms with van der Waals surface area (Å²) in [6.45, 7) is 6.23. The summed E-state index contributed by atoms with van der Waals surface area (Å²) in [5.74, 6) is 0. The Kier molecular flexibility index (Phi) is 4.70. The van der Waals surface area contributed by atoms with E-state index < -0.39 is 11.2 Å². The first-order valence-electron chi connectivity index (χ1n) is 7.39. The number of hydrogen-bond donors (Lipinski definition) is 1. The molecule has 0 radical (unpaired) electrons. The molecule has 0 bridgehead atoms. The van der Waals surface area contributed by atoms with E-state index in [1.807, 2.05) is 20.8 Å². The van der Waals surface area contributed by atoms with Gasteiger partial charge in [-0.25, -0.2) is 4.79 Å². The number of hydrogen-bond acceptors (Lipinski definition) is 5. The number of imidazole rings is 1. The highest BCUT2D eigenvalue weighted by molar-refractivity contribution is 5.71. The van der Waals surface area contributed by atoms with Gasteiger partial charge in [0.05, 0.1) is 6.10 Å². The number of aryl methyl sites for hydroxylation is 2. The lowest BCUT2D eigenvalue weighted by molar-refractivity contribution is 0.214. The molecular formula is C14H22N4O4. The van der Waals surface area contributed by atoms with Crippen LogP contribution in [0.2, 0.25) is 0 Å². The van der Waals surface area contributed by atoms with Crippen molar-refractivity contribution in [2.45, 2.75) is 46.4 Å². The van der Waals surface area contributed by atoms with Crippen molar-refractivity contribution < 1.29 is 9.84 Å². The molecule has 2 heterocycles. The number of aliphatic hydroxyl groups excluding tert-OH is 1. The fourth-order valence-corrected chi connectivity index (χ4v) is 2.37. The molecule has 0 fully saturated rings. The normalized spacial score (nSPS) is 11.5. The number of nitrogens with zero attached hydrogens (tertiary/aromatic N) is 4. The van der Waals surface area contributed by atoms with Crippen LogP contribution in [0, 0.1) is 0 Å². The number of aromatic nitrogens is 4. The Labute approximate surface area is 127 Å². The smallest absolute Gasteiger partial charge is 0.332 e. The molecule has 122 valence electrons. The SMILES string of the molecule is CCn1c(OC(C)C)nc2c1c(=O)n(CCCO)c(=O)n2C. The largest absolute Gasteiger partial charge is 0.462 e. The van der Waals surface area contributed by atoms with Gasteiger partial charge in [-0.3, -0.25) is 18.5 Å². The molecule has 2 aromatic heterocycles. The molecule has 0 spiro atoms. The van der Waals surface area contributed by atoms with Crippen molar-refractivity contribution in [3.8, 4) is 6.01 Å². The standard InChI is InChI=1S/C14H22N4O4/c1-5-17-10-11(15-13(17)22-9(2)3)16(4)14(21)18(12(10)20)7-6-8-19/h9,19H,5-8H2,1-4H3. The van der Waals surface area contributed by atoms with E-state index in [9.17, 15) is 9.59 Å². The van der Waals surface area contributed by atoms with Crippen LogP contribution in [0.15, 0.2) is 9.59 Å². The molecule has 0 aliphatic heterocycles. The van der Waals surface area contributed by atoms with Crippen molar-refractivity contribution in [2.75, 3.05) is 6.61 Å². The zero-order valence-electron chi connectivity index (χ0n) is 13.4. The number of fused-ring (bicyclic) bond motifs is 1. The van der Waals surface area contributed by atoms with Crippen LogP contribution < -0.4 is 16.0 Å². The summed E-state index contributed by atoms with van der Waals surface area (Å²) in [6, 6.07) is 0.333. The second-order valence-electron chi connectivity index (χ2n) is 5.35. The zero-order valence-corrected chi connectivity index (χ0v) is 13.4. The minimum absolute atomic E-state index is 0.0810. The van der Waals surface area contributed by atoms with Crippen molar-refractivity contribution in [2.24, 2.45) is 7.05 Å². The Balaban J connectivity index is 2.78. The topological polar surface area (TPSA) is 91.3 Å². The molecule has 0 amide bonds. The molecule has 8 heteroatoms. The maximum atomic E-state index is 12.6. The van der Waals surface area contributed by atoms with Crippen LogP contribution in [0.25, 0.3) is 11.2 Å². The Hall–Kier alpha value is -2.09. The molecule has 0 unspecified atom stereocenters. The van der Waals surface area contributed by atoms with Gasteiger partial charge in [0.25, 0.3) is 11.6 Å². The molecule has 0 aliphatic carbocycles. The highest BCUT2D eigenvalue weighted by atomic mass is 16.5. The molecule has 0 saturated heterocycles. The summed E-state index contributed by atoms with van der Waals surface area (Å²) in [6.07, 6.45) is 0.256. The van der Waals surface area contributed by atoms with E-state index in [-0.39, 0.29) is 19.3 Å². The van der Waals surface area contributed by atoms with Gasteiger partial charge < -0.3 is 9.84 Å². The molecule has 1 N–H and O–H groups in total. The summed E-state index contributed by atoms with van der Waals surface area (Å²) >= 11 is 0. The van der Waals surface area contributed by atoms with E-state index >= 15 is 0 Å². The first-order valence-corrected chi connectivity index (χ1v) is 7.39. The van der Waals surface area contributed by atoms with Crippen molar-refractivity contribution in [3.63, 3.8) is 0 Å². The lowest BCUT2D eigenvalue weighted by Crippen LogP contribution is -2.39. The predicted molar refractivity (Wildman–Crippen MR) is 82.4 cm³/mol. The monoisotopic (exact) mass is 310 g/mol. The van der Waals surface area contributed by atoms with Crippen LogP contribution >= 0.6 is 0 Å². The maximum Gasteiger partial charge on any atom is 0.332 e. The van der Waals surface area contributed by atoms with Crippen LogP contribution in [0.4, 0.5) is 0 Å². The highest BCUT2D eigenvalue weighted by Crippen LogP contribution is 2.18. The first kappa shape index (κ1) is 16.3. The third-order valence-corrected chi connectivity index (χ3v) is 3.39. The van der Waals surface area contributed by atoms with Crippen LogP contribution in [-0.2, 0) is 20.1 Å². The molecule has 8 nitrogen and oxygen atoms in total. The van der Waals surface area contributed by atoms with Crippen molar-refractivity contribution in [1.82, 2.24) is 18.7 Å². The van der Waals surface area contributed by atoms with E-state index in [1.165, 1.54) is 4.57 Å². The van der Waals surface area contributed by atoms with Gasteiger partial charge in [0.15, 0.2) is 11.2 Å². The van der Waals surface area contributed by atoms with Gasteiger partial charge in [0.2, 0.25) is 0 Å². The van der Waals surface area contributed by atoms with Crippen LogP contribution in [0.3, 0.4) is 0 Å². The zero-order chi connectivity index (χ0) is 16.4. The fourth-order valence-electron chi connectivity index (χ4n) is 2.37. The van der Waals surface area contributed by atoms with Gasteiger partial charge >= 0.3 is 5.69 Å². The molecule has 2 rings (SSSR count). The van der Waals surface area contributed by atoms with E-state index in [2.05, 4.69) is 4.98 Å². The summed E-state index contributed by atoms with van der Waals surface area (Å²) in [4.78, 5) is 29.2. The van der Waals surface area contributed by atoms with Crippen LogP contribution in [0.5, 0.6) is 6.01 Å². The Morgan fingerprint density at radius 1 is 1.27 bits per heavy atom. The third kappa shape index (κ3) is 2.66.